The van der Waals surface area contributed by atoms with Gasteiger partial charge in [0.05, 0.1) is 13.2 Å². The molecule has 0 aliphatic carbocycles. The van der Waals surface area contributed by atoms with Gasteiger partial charge in [0.1, 0.15) is 5.75 Å². The third-order valence-electron chi connectivity index (χ3n) is 3.18. The van der Waals surface area contributed by atoms with Crippen molar-refractivity contribution in [1.29, 1.82) is 0 Å². The quantitative estimate of drug-likeness (QED) is 0.799. The van der Waals surface area contributed by atoms with E-state index in [1.165, 1.54) is 0 Å². The molecule has 0 aromatic heterocycles. The maximum atomic E-state index is 10.4. The Kier molecular flexibility index (Phi) is 5.24. The van der Waals surface area contributed by atoms with Crippen LogP contribution in [0.1, 0.15) is 22.8 Å². The highest BCUT2D eigenvalue weighted by Gasteiger charge is 2.13. The molecular weight excluding hydrogens is 384 g/mol. The van der Waals surface area contributed by atoms with E-state index >= 15 is 0 Å². The van der Waals surface area contributed by atoms with E-state index in [0.29, 0.717) is 6.42 Å². The van der Waals surface area contributed by atoms with Crippen LogP contribution in [0.5, 0.6) is 5.75 Å². The highest BCUT2D eigenvalue weighted by Crippen LogP contribution is 2.30. The molecule has 0 fully saturated rings. The summed E-state index contributed by atoms with van der Waals surface area (Å²) in [5.41, 5.74) is 3.05. The van der Waals surface area contributed by atoms with Gasteiger partial charge in [-0.25, -0.2) is 0 Å². The highest BCUT2D eigenvalue weighted by atomic mass is 79.9. The molecule has 1 atom stereocenters. The van der Waals surface area contributed by atoms with Crippen LogP contribution in [0.2, 0.25) is 0 Å². The fourth-order valence-corrected chi connectivity index (χ4v) is 2.76. The summed E-state index contributed by atoms with van der Waals surface area (Å²) < 4.78 is 7.26. The van der Waals surface area contributed by atoms with Gasteiger partial charge in [0.15, 0.2) is 0 Å². The third-order valence-corrected chi connectivity index (χ3v) is 5.06. The first-order chi connectivity index (χ1) is 9.51. The second kappa shape index (κ2) is 6.74. The lowest BCUT2D eigenvalue weighted by atomic mass is 9.99. The maximum Gasteiger partial charge on any atom is 0.122 e. The van der Waals surface area contributed by atoms with Crippen LogP contribution in [0, 0.1) is 6.92 Å². The number of aliphatic hydroxyl groups excluding tert-OH is 1. The van der Waals surface area contributed by atoms with Gasteiger partial charge in [-0.15, -0.1) is 0 Å². The Bertz CT molecular complexity index is 611. The molecule has 2 aromatic carbocycles. The van der Waals surface area contributed by atoms with Crippen LogP contribution in [0.25, 0.3) is 0 Å². The standard InChI is InChI=1S/C16H16Br2O2/c1-10-3-6-16(20-2)12(7-10)9-15(19)11-4-5-13(17)14(18)8-11/h3-8,15,19H,9H2,1-2H3. The first-order valence-electron chi connectivity index (χ1n) is 6.28. The fraction of sp³-hybridized carbons (Fsp3) is 0.250. The first-order valence-corrected chi connectivity index (χ1v) is 7.86. The van der Waals surface area contributed by atoms with E-state index in [-0.39, 0.29) is 0 Å². The molecular formula is C16H16Br2O2. The van der Waals surface area contributed by atoms with Gasteiger partial charge in [-0.05, 0) is 68.1 Å². The zero-order valence-electron chi connectivity index (χ0n) is 11.4. The topological polar surface area (TPSA) is 29.5 Å². The van der Waals surface area contributed by atoms with Gasteiger partial charge in [-0.2, -0.15) is 0 Å². The van der Waals surface area contributed by atoms with Crippen molar-refractivity contribution in [3.8, 4) is 5.75 Å². The SMILES string of the molecule is COc1ccc(C)cc1CC(O)c1ccc(Br)c(Br)c1. The van der Waals surface area contributed by atoms with Gasteiger partial charge in [-0.3, -0.25) is 0 Å². The Hall–Kier alpha value is -0.840. The summed E-state index contributed by atoms with van der Waals surface area (Å²) in [6, 6.07) is 11.8. The molecule has 4 heteroatoms. The molecule has 0 aliphatic rings. The van der Waals surface area contributed by atoms with Crippen molar-refractivity contribution < 1.29 is 9.84 Å². The van der Waals surface area contributed by atoms with Crippen molar-refractivity contribution in [2.75, 3.05) is 7.11 Å². The predicted molar refractivity (Wildman–Crippen MR) is 88.2 cm³/mol. The minimum atomic E-state index is -0.560. The van der Waals surface area contributed by atoms with Crippen LogP contribution in [-0.2, 0) is 6.42 Å². The molecule has 0 saturated carbocycles. The molecule has 2 nitrogen and oxygen atoms in total. The second-order valence-corrected chi connectivity index (χ2v) is 6.42. The number of aliphatic hydroxyl groups is 1. The van der Waals surface area contributed by atoms with Crippen molar-refractivity contribution in [3.63, 3.8) is 0 Å². The molecule has 106 valence electrons. The molecule has 2 rings (SSSR count). The minimum Gasteiger partial charge on any atom is -0.496 e. The lowest BCUT2D eigenvalue weighted by molar-refractivity contribution is 0.177. The van der Waals surface area contributed by atoms with Gasteiger partial charge < -0.3 is 9.84 Å². The molecule has 0 bridgehead atoms. The Morgan fingerprint density at radius 3 is 2.50 bits per heavy atom. The van der Waals surface area contributed by atoms with Crippen molar-refractivity contribution in [2.45, 2.75) is 19.4 Å². The average Bonchev–Trinajstić information content (AvgIpc) is 2.42. The number of benzene rings is 2. The first kappa shape index (κ1) is 15.5. The summed E-state index contributed by atoms with van der Waals surface area (Å²) in [7, 11) is 1.65. The van der Waals surface area contributed by atoms with Crippen molar-refractivity contribution in [1.82, 2.24) is 0 Å². The fourth-order valence-electron chi connectivity index (χ4n) is 2.11. The van der Waals surface area contributed by atoms with E-state index in [2.05, 4.69) is 37.9 Å². The van der Waals surface area contributed by atoms with Crippen molar-refractivity contribution in [2.24, 2.45) is 0 Å². The summed E-state index contributed by atoms with van der Waals surface area (Å²) in [4.78, 5) is 0. The summed E-state index contributed by atoms with van der Waals surface area (Å²) in [5, 5.41) is 10.4. The van der Waals surface area contributed by atoms with E-state index in [1.807, 2.05) is 37.3 Å². The molecule has 0 aliphatic heterocycles. The number of aryl methyl sites for hydroxylation is 1. The second-order valence-electron chi connectivity index (χ2n) is 4.71. The molecule has 0 saturated heterocycles. The maximum absolute atomic E-state index is 10.4. The van der Waals surface area contributed by atoms with E-state index in [9.17, 15) is 5.11 Å². The lowest BCUT2D eigenvalue weighted by Gasteiger charge is -2.15. The molecule has 0 amide bonds. The van der Waals surface area contributed by atoms with Crippen LogP contribution in [-0.4, -0.2) is 12.2 Å². The number of hydrogen-bond donors (Lipinski definition) is 1. The number of hydrogen-bond acceptors (Lipinski definition) is 2. The van der Waals surface area contributed by atoms with Crippen LogP contribution in [0.15, 0.2) is 45.3 Å². The number of methoxy groups -OCH3 is 1. The molecule has 0 radical (unpaired) electrons. The smallest absolute Gasteiger partial charge is 0.122 e. The van der Waals surface area contributed by atoms with Crippen molar-refractivity contribution in [3.05, 3.63) is 62.0 Å². The van der Waals surface area contributed by atoms with E-state index < -0.39 is 6.10 Å². The van der Waals surface area contributed by atoms with Crippen LogP contribution in [0.3, 0.4) is 0 Å². The number of halogens is 2. The molecule has 1 N–H and O–H groups in total. The lowest BCUT2D eigenvalue weighted by Crippen LogP contribution is -2.04. The Labute approximate surface area is 136 Å². The van der Waals surface area contributed by atoms with Gasteiger partial charge in [0.25, 0.3) is 0 Å². The average molecular weight is 400 g/mol. The summed E-state index contributed by atoms with van der Waals surface area (Å²) in [5.74, 6) is 0.811. The summed E-state index contributed by atoms with van der Waals surface area (Å²) >= 11 is 6.89. The Balaban J connectivity index is 2.24. The van der Waals surface area contributed by atoms with E-state index in [0.717, 1.165) is 31.4 Å². The number of ether oxygens (including phenoxy) is 1. The largest absolute Gasteiger partial charge is 0.496 e. The Morgan fingerprint density at radius 2 is 1.85 bits per heavy atom. The summed E-state index contributed by atoms with van der Waals surface area (Å²) in [6.07, 6.45) is -0.0334. The molecule has 0 spiro atoms. The van der Waals surface area contributed by atoms with Crippen LogP contribution in [0.4, 0.5) is 0 Å². The van der Waals surface area contributed by atoms with E-state index in [4.69, 9.17) is 4.74 Å². The van der Waals surface area contributed by atoms with Gasteiger partial charge in [-0.1, -0.05) is 23.8 Å². The predicted octanol–water partition coefficient (Wildman–Crippen LogP) is 4.80. The van der Waals surface area contributed by atoms with Gasteiger partial charge in [0, 0.05) is 15.4 Å². The zero-order valence-corrected chi connectivity index (χ0v) is 14.5. The highest BCUT2D eigenvalue weighted by molar-refractivity contribution is 9.13. The minimum absolute atomic E-state index is 0.527. The van der Waals surface area contributed by atoms with Crippen molar-refractivity contribution >= 4 is 31.9 Å². The summed E-state index contributed by atoms with van der Waals surface area (Å²) in [6.45, 7) is 2.03. The van der Waals surface area contributed by atoms with E-state index in [1.54, 1.807) is 7.11 Å². The molecule has 2 aromatic rings. The van der Waals surface area contributed by atoms with Crippen LogP contribution < -0.4 is 4.74 Å². The molecule has 0 heterocycles. The monoisotopic (exact) mass is 398 g/mol. The van der Waals surface area contributed by atoms with Crippen LogP contribution >= 0.6 is 31.9 Å². The normalized spacial score (nSPS) is 12.2. The number of rotatable bonds is 4. The Morgan fingerprint density at radius 1 is 1.10 bits per heavy atom. The zero-order chi connectivity index (χ0) is 14.7. The van der Waals surface area contributed by atoms with Gasteiger partial charge >= 0.3 is 0 Å². The third kappa shape index (κ3) is 3.62. The molecule has 1 unspecified atom stereocenters. The molecule has 20 heavy (non-hydrogen) atoms. The van der Waals surface area contributed by atoms with Gasteiger partial charge in [0.2, 0.25) is 0 Å².